The molecule has 14 N–H and O–H groups in total. The number of benzene rings is 1. The van der Waals surface area contributed by atoms with Crippen molar-refractivity contribution < 1.29 is 38.7 Å². The highest BCUT2D eigenvalue weighted by Gasteiger charge is 2.34. The van der Waals surface area contributed by atoms with E-state index < -0.39 is 89.6 Å². The molecule has 18 heteroatoms. The fourth-order valence-electron chi connectivity index (χ4n) is 5.78. The molecule has 0 aromatic heterocycles. The molecule has 8 atom stereocenters. The average Bonchev–Trinajstić information content (AvgIpc) is 3.11. The van der Waals surface area contributed by atoms with Crippen LogP contribution in [0.3, 0.4) is 0 Å². The first-order valence-corrected chi connectivity index (χ1v) is 18.5. The van der Waals surface area contributed by atoms with Crippen molar-refractivity contribution >= 4 is 41.4 Å². The number of carbonyl (C=O) groups is 7. The Kier molecular flexibility index (Phi) is 19.6. The molecular formula is C36H60N10O8. The predicted molar refractivity (Wildman–Crippen MR) is 201 cm³/mol. The van der Waals surface area contributed by atoms with E-state index in [0.29, 0.717) is 5.56 Å². The predicted octanol–water partition coefficient (Wildman–Crippen LogP) is -3.23. The van der Waals surface area contributed by atoms with Gasteiger partial charge >= 0.3 is 0 Å². The Balaban J connectivity index is 2.57. The van der Waals surface area contributed by atoms with E-state index in [1.165, 1.54) is 6.92 Å². The summed E-state index contributed by atoms with van der Waals surface area (Å²) in [5, 5.41) is 28.8. The molecule has 0 saturated carbocycles. The van der Waals surface area contributed by atoms with E-state index in [2.05, 4.69) is 37.2 Å². The van der Waals surface area contributed by atoms with Crippen molar-refractivity contribution in [2.75, 3.05) is 26.2 Å². The van der Waals surface area contributed by atoms with Gasteiger partial charge in [0.25, 0.3) is 0 Å². The number of hydrogen-bond donors (Lipinski definition) is 11. The van der Waals surface area contributed by atoms with Gasteiger partial charge in [-0.15, -0.1) is 0 Å². The molecule has 1 aromatic carbocycles. The van der Waals surface area contributed by atoms with Crippen LogP contribution in [0.5, 0.6) is 0 Å². The summed E-state index contributed by atoms with van der Waals surface area (Å²) in [6.07, 6.45) is -1.06. The fraction of sp³-hybridized carbons (Fsp3) is 0.639. The van der Waals surface area contributed by atoms with Crippen molar-refractivity contribution in [3.8, 4) is 0 Å². The first-order valence-electron chi connectivity index (χ1n) is 18.5. The SMILES string of the molecule is CC(C)CC1NC(=O)[C@@H](Cc2ccccc2)NC(=O)C(CCN)NC(=O)C(C)CCNC(=O)C(C(C)O)NC(=O)C(CCN)NC(=O)C(CCN)NC1=O. The molecule has 54 heavy (non-hydrogen) atoms. The van der Waals surface area contributed by atoms with E-state index in [-0.39, 0.29) is 70.6 Å². The summed E-state index contributed by atoms with van der Waals surface area (Å²) in [6, 6.07) is 1.53. The summed E-state index contributed by atoms with van der Waals surface area (Å²) < 4.78 is 0. The van der Waals surface area contributed by atoms with Crippen molar-refractivity contribution in [1.29, 1.82) is 0 Å². The zero-order valence-corrected chi connectivity index (χ0v) is 31.7. The van der Waals surface area contributed by atoms with Gasteiger partial charge in [0.15, 0.2) is 0 Å². The number of nitrogens with two attached hydrogens (primary N) is 3. The van der Waals surface area contributed by atoms with E-state index in [1.807, 2.05) is 13.8 Å². The maximum atomic E-state index is 14.0. The van der Waals surface area contributed by atoms with Crippen LogP contribution in [0.2, 0.25) is 0 Å². The van der Waals surface area contributed by atoms with Gasteiger partial charge in [0, 0.05) is 18.9 Å². The highest BCUT2D eigenvalue weighted by atomic mass is 16.3. The lowest BCUT2D eigenvalue weighted by Gasteiger charge is -2.28. The van der Waals surface area contributed by atoms with E-state index >= 15 is 0 Å². The van der Waals surface area contributed by atoms with Crippen LogP contribution in [0.25, 0.3) is 0 Å². The second kappa shape index (κ2) is 23.2. The van der Waals surface area contributed by atoms with E-state index in [0.717, 1.165) is 0 Å². The Bertz CT molecular complexity index is 1410. The molecule has 7 unspecified atom stereocenters. The van der Waals surface area contributed by atoms with E-state index in [1.54, 1.807) is 37.3 Å². The van der Waals surface area contributed by atoms with Gasteiger partial charge in [-0.3, -0.25) is 33.6 Å². The monoisotopic (exact) mass is 760 g/mol. The Morgan fingerprint density at radius 3 is 1.52 bits per heavy atom. The maximum absolute atomic E-state index is 14.0. The highest BCUT2D eigenvalue weighted by molar-refractivity contribution is 5.97. The molecule has 1 fully saturated rings. The Morgan fingerprint density at radius 2 is 1.04 bits per heavy atom. The third-order valence-electron chi connectivity index (χ3n) is 8.91. The number of rotatable bonds is 11. The average molecular weight is 761 g/mol. The first kappa shape index (κ1) is 45.5. The summed E-state index contributed by atoms with van der Waals surface area (Å²) in [6.45, 7) is 6.53. The van der Waals surface area contributed by atoms with E-state index in [4.69, 9.17) is 17.2 Å². The number of hydrogen-bond acceptors (Lipinski definition) is 11. The zero-order chi connectivity index (χ0) is 40.4. The normalized spacial score (nSPS) is 26.7. The number of aliphatic hydroxyl groups is 1. The molecule has 302 valence electrons. The molecule has 0 aliphatic carbocycles. The van der Waals surface area contributed by atoms with Gasteiger partial charge in [-0.2, -0.15) is 0 Å². The molecule has 1 aromatic rings. The van der Waals surface area contributed by atoms with Crippen molar-refractivity contribution in [1.82, 2.24) is 37.2 Å². The number of aliphatic hydroxyl groups excluding tert-OH is 1. The van der Waals surface area contributed by atoms with Crippen molar-refractivity contribution in [2.24, 2.45) is 29.0 Å². The largest absolute Gasteiger partial charge is 0.391 e. The number of nitrogens with one attached hydrogen (secondary N) is 7. The highest BCUT2D eigenvalue weighted by Crippen LogP contribution is 2.11. The van der Waals surface area contributed by atoms with Crippen LogP contribution in [0.1, 0.15) is 65.4 Å². The molecule has 0 bridgehead atoms. The summed E-state index contributed by atoms with van der Waals surface area (Å²) in [5.41, 5.74) is 18.0. The zero-order valence-electron chi connectivity index (χ0n) is 31.7. The lowest BCUT2D eigenvalue weighted by Crippen LogP contribution is -2.61. The van der Waals surface area contributed by atoms with Gasteiger partial charge in [-0.25, -0.2) is 0 Å². The minimum absolute atomic E-state index is 0.0259. The van der Waals surface area contributed by atoms with Crippen LogP contribution < -0.4 is 54.4 Å². The summed E-state index contributed by atoms with van der Waals surface area (Å²) >= 11 is 0. The van der Waals surface area contributed by atoms with Crippen molar-refractivity contribution in [2.45, 2.75) is 109 Å². The van der Waals surface area contributed by atoms with E-state index in [9.17, 15) is 38.7 Å². The van der Waals surface area contributed by atoms with Crippen LogP contribution in [-0.2, 0) is 40.0 Å². The molecule has 2 rings (SSSR count). The maximum Gasteiger partial charge on any atom is 0.245 e. The van der Waals surface area contributed by atoms with Crippen molar-refractivity contribution in [3.05, 3.63) is 35.9 Å². The molecule has 7 amide bonds. The molecule has 1 saturated heterocycles. The van der Waals surface area contributed by atoms with Crippen LogP contribution in [0.4, 0.5) is 0 Å². The van der Waals surface area contributed by atoms with Gasteiger partial charge in [0.05, 0.1) is 6.10 Å². The lowest BCUT2D eigenvalue weighted by molar-refractivity contribution is -0.136. The van der Waals surface area contributed by atoms with Gasteiger partial charge in [0.2, 0.25) is 41.4 Å². The first-order chi connectivity index (χ1) is 25.6. The number of carbonyl (C=O) groups excluding carboxylic acids is 7. The Hall–Kier alpha value is -4.65. The van der Waals surface area contributed by atoms with Crippen LogP contribution in [-0.4, -0.2) is 115 Å². The van der Waals surface area contributed by atoms with Gasteiger partial charge in [-0.05, 0) is 70.1 Å². The number of amides is 7. The molecule has 1 heterocycles. The standard InChI is InChI=1S/C36H60N10O8/c1-20(2)18-27-34(52)43-25(11-15-38)31(49)42-26(12-16-39)33(51)46-29(22(4)47)36(54)40-17-13-21(3)30(48)41-24(10-14-37)32(50)45-28(35(53)44-27)19-23-8-6-5-7-9-23/h5-9,20-22,24-29,47H,10-19,37-39H2,1-4H3,(H,40,54)(H,41,48)(H,42,49)(H,43,52)(H,44,53)(H,45,50)(H,46,51)/t21?,22?,24?,25?,26?,27?,28-,29?/m1/s1. The fourth-order valence-corrected chi connectivity index (χ4v) is 5.78. The Labute approximate surface area is 316 Å². The minimum Gasteiger partial charge on any atom is -0.391 e. The Morgan fingerprint density at radius 1 is 0.611 bits per heavy atom. The summed E-state index contributed by atoms with van der Waals surface area (Å²) in [5.74, 6) is -5.69. The minimum atomic E-state index is -1.43. The van der Waals surface area contributed by atoms with Crippen LogP contribution in [0, 0.1) is 11.8 Å². The second-order valence-electron chi connectivity index (χ2n) is 14.1. The second-order valence-corrected chi connectivity index (χ2v) is 14.1. The molecule has 0 radical (unpaired) electrons. The van der Waals surface area contributed by atoms with Gasteiger partial charge in [-0.1, -0.05) is 51.1 Å². The third kappa shape index (κ3) is 15.0. The third-order valence-corrected chi connectivity index (χ3v) is 8.91. The summed E-state index contributed by atoms with van der Waals surface area (Å²) in [4.78, 5) is 94.7. The molecule has 1 aliphatic rings. The van der Waals surface area contributed by atoms with Crippen LogP contribution in [0.15, 0.2) is 30.3 Å². The topological polar surface area (TPSA) is 302 Å². The van der Waals surface area contributed by atoms with Gasteiger partial charge < -0.3 is 59.5 Å². The van der Waals surface area contributed by atoms with Crippen molar-refractivity contribution in [3.63, 3.8) is 0 Å². The van der Waals surface area contributed by atoms with Crippen LogP contribution >= 0.6 is 0 Å². The molecule has 18 nitrogen and oxygen atoms in total. The lowest BCUT2D eigenvalue weighted by atomic mass is 10.00. The molecule has 0 spiro atoms. The summed E-state index contributed by atoms with van der Waals surface area (Å²) in [7, 11) is 0. The smallest absolute Gasteiger partial charge is 0.245 e. The quantitative estimate of drug-likeness (QED) is 0.107. The van der Waals surface area contributed by atoms with Gasteiger partial charge in [0.1, 0.15) is 36.3 Å². The molecule has 1 aliphatic heterocycles. The molecular weight excluding hydrogens is 700 g/mol.